The zero-order valence-corrected chi connectivity index (χ0v) is 14.0. The second kappa shape index (κ2) is 7.94. The predicted octanol–water partition coefficient (Wildman–Crippen LogP) is 2.57. The third-order valence-electron chi connectivity index (χ3n) is 6.19. The van der Waals surface area contributed by atoms with Gasteiger partial charge in [-0.3, -0.25) is 4.90 Å². The molecule has 0 saturated carbocycles. The Bertz CT molecular complexity index is 295. The lowest BCUT2D eigenvalue weighted by Gasteiger charge is -2.32. The lowest BCUT2D eigenvalue weighted by Crippen LogP contribution is -2.41. The zero-order valence-electron chi connectivity index (χ0n) is 14.0. The van der Waals surface area contributed by atoms with Crippen LogP contribution in [0.1, 0.15) is 51.9 Å². The van der Waals surface area contributed by atoms with Crippen molar-refractivity contribution in [2.45, 2.75) is 57.9 Å². The molecule has 3 saturated heterocycles. The Morgan fingerprint density at radius 3 is 2.67 bits per heavy atom. The van der Waals surface area contributed by atoms with Crippen LogP contribution in [0.15, 0.2) is 0 Å². The molecule has 3 nitrogen and oxygen atoms in total. The highest BCUT2D eigenvalue weighted by atomic mass is 15.3. The minimum atomic E-state index is 0.872. The summed E-state index contributed by atoms with van der Waals surface area (Å²) >= 11 is 0. The maximum absolute atomic E-state index is 3.57. The summed E-state index contributed by atoms with van der Waals surface area (Å²) in [6.45, 7) is 11.7. The summed E-state index contributed by atoms with van der Waals surface area (Å²) in [5, 5.41) is 3.57. The van der Waals surface area contributed by atoms with Crippen LogP contribution in [0.3, 0.4) is 0 Å². The summed E-state index contributed by atoms with van der Waals surface area (Å²) in [4.78, 5) is 5.52. The molecule has 0 spiro atoms. The summed E-state index contributed by atoms with van der Waals surface area (Å²) in [6, 6.07) is 0.872. The Morgan fingerprint density at radius 1 is 1.05 bits per heavy atom. The highest BCUT2D eigenvalue weighted by Gasteiger charge is 2.29. The van der Waals surface area contributed by atoms with Crippen molar-refractivity contribution < 1.29 is 0 Å². The average molecular weight is 293 g/mol. The van der Waals surface area contributed by atoms with E-state index in [2.05, 4.69) is 22.0 Å². The molecule has 0 amide bonds. The zero-order chi connectivity index (χ0) is 14.5. The van der Waals surface area contributed by atoms with E-state index in [0.29, 0.717) is 0 Å². The van der Waals surface area contributed by atoms with Crippen LogP contribution in [0, 0.1) is 11.8 Å². The third-order valence-corrected chi connectivity index (χ3v) is 6.19. The molecule has 0 aliphatic carbocycles. The summed E-state index contributed by atoms with van der Waals surface area (Å²) in [6.07, 6.45) is 9.98. The van der Waals surface area contributed by atoms with Gasteiger partial charge in [-0.2, -0.15) is 0 Å². The van der Waals surface area contributed by atoms with Crippen LogP contribution in [0.2, 0.25) is 0 Å². The van der Waals surface area contributed by atoms with Gasteiger partial charge < -0.3 is 10.2 Å². The maximum Gasteiger partial charge on any atom is 0.0235 e. The number of nitrogens with one attached hydrogen (secondary N) is 1. The number of rotatable bonds is 5. The lowest BCUT2D eigenvalue weighted by atomic mass is 9.85. The molecule has 3 fully saturated rings. The Hall–Kier alpha value is -0.120. The smallest absolute Gasteiger partial charge is 0.0235 e. The summed E-state index contributed by atoms with van der Waals surface area (Å²) < 4.78 is 0. The topological polar surface area (TPSA) is 18.5 Å². The summed E-state index contributed by atoms with van der Waals surface area (Å²) in [5.41, 5.74) is 0. The van der Waals surface area contributed by atoms with Crippen LogP contribution in [0.4, 0.5) is 0 Å². The Kier molecular flexibility index (Phi) is 5.96. The summed E-state index contributed by atoms with van der Waals surface area (Å²) in [7, 11) is 0. The van der Waals surface area contributed by atoms with Gasteiger partial charge in [0.2, 0.25) is 0 Å². The highest BCUT2D eigenvalue weighted by Crippen LogP contribution is 2.25. The molecular formula is C18H35N3. The first kappa shape index (κ1) is 15.8. The molecule has 122 valence electrons. The fraction of sp³-hybridized carbons (Fsp3) is 1.00. The molecule has 3 unspecified atom stereocenters. The average Bonchev–Trinajstić information content (AvgIpc) is 3.03. The highest BCUT2D eigenvalue weighted by molar-refractivity contribution is 4.85. The van der Waals surface area contributed by atoms with E-state index in [1.807, 2.05) is 0 Å². The maximum atomic E-state index is 3.57. The van der Waals surface area contributed by atoms with Crippen molar-refractivity contribution in [2.24, 2.45) is 11.8 Å². The Labute approximate surface area is 131 Å². The molecule has 0 bridgehead atoms. The molecule has 21 heavy (non-hydrogen) atoms. The largest absolute Gasteiger partial charge is 0.316 e. The standard InChI is InChI=1S/C18H35N3/c1-16(17-6-5-9-19-14-17)7-12-20-13-8-18(15-20)21-10-3-2-4-11-21/h16-19H,2-15H2,1H3. The SMILES string of the molecule is CC(CCN1CCC(N2CCCCC2)C1)C1CCCNC1. The van der Waals surface area contributed by atoms with Crippen molar-refractivity contribution >= 4 is 0 Å². The molecule has 3 aliphatic rings. The van der Waals surface area contributed by atoms with Crippen molar-refractivity contribution in [1.29, 1.82) is 0 Å². The first-order chi connectivity index (χ1) is 10.3. The van der Waals surface area contributed by atoms with Crippen molar-refractivity contribution in [2.75, 3.05) is 45.8 Å². The van der Waals surface area contributed by atoms with Crippen molar-refractivity contribution in [3.63, 3.8) is 0 Å². The minimum Gasteiger partial charge on any atom is -0.316 e. The normalized spacial score (nSPS) is 34.1. The fourth-order valence-corrected chi connectivity index (χ4v) is 4.58. The van der Waals surface area contributed by atoms with Gasteiger partial charge in [0.05, 0.1) is 0 Å². The van der Waals surface area contributed by atoms with Gasteiger partial charge in [0.25, 0.3) is 0 Å². The van der Waals surface area contributed by atoms with Crippen LogP contribution in [-0.2, 0) is 0 Å². The van der Waals surface area contributed by atoms with Gasteiger partial charge in [-0.25, -0.2) is 0 Å². The molecule has 3 heteroatoms. The van der Waals surface area contributed by atoms with Crippen molar-refractivity contribution in [3.8, 4) is 0 Å². The molecule has 0 aromatic heterocycles. The van der Waals surface area contributed by atoms with E-state index in [1.165, 1.54) is 90.8 Å². The number of nitrogens with zero attached hydrogens (tertiary/aromatic N) is 2. The van der Waals surface area contributed by atoms with E-state index in [0.717, 1.165) is 17.9 Å². The Balaban J connectivity index is 1.36. The molecule has 0 radical (unpaired) electrons. The molecule has 0 aromatic carbocycles. The molecule has 3 heterocycles. The van der Waals surface area contributed by atoms with E-state index >= 15 is 0 Å². The number of piperidine rings is 2. The number of likely N-dealkylation sites (tertiary alicyclic amines) is 2. The van der Waals surface area contributed by atoms with E-state index < -0.39 is 0 Å². The molecule has 3 atom stereocenters. The van der Waals surface area contributed by atoms with Crippen LogP contribution in [-0.4, -0.2) is 61.7 Å². The molecular weight excluding hydrogens is 258 g/mol. The molecule has 3 aliphatic heterocycles. The third kappa shape index (κ3) is 4.43. The molecule has 1 N–H and O–H groups in total. The fourth-order valence-electron chi connectivity index (χ4n) is 4.58. The second-order valence-corrected chi connectivity index (χ2v) is 7.71. The van der Waals surface area contributed by atoms with Crippen LogP contribution < -0.4 is 5.32 Å². The van der Waals surface area contributed by atoms with E-state index in [-0.39, 0.29) is 0 Å². The first-order valence-electron chi connectivity index (χ1n) is 9.50. The number of hydrogen-bond acceptors (Lipinski definition) is 3. The summed E-state index contributed by atoms with van der Waals surface area (Å²) in [5.74, 6) is 1.83. The number of hydrogen-bond donors (Lipinski definition) is 1. The van der Waals surface area contributed by atoms with Gasteiger partial charge in [0.1, 0.15) is 0 Å². The Morgan fingerprint density at radius 2 is 1.90 bits per heavy atom. The van der Waals surface area contributed by atoms with Gasteiger partial charge in [0.15, 0.2) is 0 Å². The van der Waals surface area contributed by atoms with E-state index in [4.69, 9.17) is 0 Å². The van der Waals surface area contributed by atoms with E-state index in [9.17, 15) is 0 Å². The second-order valence-electron chi connectivity index (χ2n) is 7.71. The van der Waals surface area contributed by atoms with Crippen molar-refractivity contribution in [1.82, 2.24) is 15.1 Å². The minimum absolute atomic E-state index is 0.872. The van der Waals surface area contributed by atoms with Gasteiger partial charge in [-0.05, 0) is 89.6 Å². The monoisotopic (exact) mass is 293 g/mol. The van der Waals surface area contributed by atoms with Crippen molar-refractivity contribution in [3.05, 3.63) is 0 Å². The van der Waals surface area contributed by atoms with Crippen LogP contribution >= 0.6 is 0 Å². The van der Waals surface area contributed by atoms with Gasteiger partial charge in [-0.15, -0.1) is 0 Å². The molecule has 0 aromatic rings. The van der Waals surface area contributed by atoms with Gasteiger partial charge in [0, 0.05) is 12.6 Å². The van der Waals surface area contributed by atoms with Gasteiger partial charge >= 0.3 is 0 Å². The first-order valence-corrected chi connectivity index (χ1v) is 9.50. The van der Waals surface area contributed by atoms with E-state index in [1.54, 1.807) is 0 Å². The predicted molar refractivity (Wildman–Crippen MR) is 89.6 cm³/mol. The molecule has 3 rings (SSSR count). The van der Waals surface area contributed by atoms with Crippen LogP contribution in [0.25, 0.3) is 0 Å². The van der Waals surface area contributed by atoms with Crippen LogP contribution in [0.5, 0.6) is 0 Å². The lowest BCUT2D eigenvalue weighted by molar-refractivity contribution is 0.159. The quantitative estimate of drug-likeness (QED) is 0.840. The van der Waals surface area contributed by atoms with Gasteiger partial charge in [-0.1, -0.05) is 13.3 Å².